The van der Waals surface area contributed by atoms with Crippen LogP contribution in [0.1, 0.15) is 38.5 Å². The zero-order valence-corrected chi connectivity index (χ0v) is 9.11. The second kappa shape index (κ2) is 6.80. The number of aliphatic hydroxyl groups excluding tert-OH is 2. The second-order valence-electron chi connectivity index (χ2n) is 4.26. The largest absolute Gasteiger partial charge is 0.394 e. The van der Waals surface area contributed by atoms with Crippen molar-refractivity contribution in [2.24, 2.45) is 5.92 Å². The van der Waals surface area contributed by atoms with E-state index < -0.39 is 6.04 Å². The van der Waals surface area contributed by atoms with E-state index >= 15 is 0 Å². The molecular weight excluding hydrogens is 194 g/mol. The van der Waals surface area contributed by atoms with Crippen molar-refractivity contribution in [2.75, 3.05) is 13.2 Å². The molecule has 1 rings (SSSR count). The fourth-order valence-corrected chi connectivity index (χ4v) is 2.01. The van der Waals surface area contributed by atoms with Gasteiger partial charge in [-0.3, -0.25) is 4.79 Å². The van der Waals surface area contributed by atoms with Crippen molar-refractivity contribution in [3.05, 3.63) is 0 Å². The molecule has 0 spiro atoms. The van der Waals surface area contributed by atoms with Gasteiger partial charge in [0.2, 0.25) is 5.91 Å². The highest BCUT2D eigenvalue weighted by Gasteiger charge is 2.21. The van der Waals surface area contributed by atoms with Gasteiger partial charge in [0, 0.05) is 5.92 Å². The summed E-state index contributed by atoms with van der Waals surface area (Å²) in [5.41, 5.74) is 0. The van der Waals surface area contributed by atoms with Crippen molar-refractivity contribution in [3.63, 3.8) is 0 Å². The lowest BCUT2D eigenvalue weighted by Crippen LogP contribution is -2.43. The average Bonchev–Trinajstić information content (AvgIpc) is 2.54. The molecule has 0 bridgehead atoms. The predicted octanol–water partition coefficient (Wildman–Crippen LogP) is 0.426. The van der Waals surface area contributed by atoms with Crippen LogP contribution in [-0.4, -0.2) is 35.4 Å². The first-order valence-corrected chi connectivity index (χ1v) is 5.80. The Morgan fingerprint density at radius 2 is 1.67 bits per heavy atom. The van der Waals surface area contributed by atoms with E-state index in [0.29, 0.717) is 0 Å². The maximum atomic E-state index is 11.7. The summed E-state index contributed by atoms with van der Waals surface area (Å²) in [7, 11) is 0. The van der Waals surface area contributed by atoms with E-state index in [1.165, 1.54) is 12.8 Å². The van der Waals surface area contributed by atoms with E-state index in [0.717, 1.165) is 25.7 Å². The highest BCUT2D eigenvalue weighted by atomic mass is 16.3. The van der Waals surface area contributed by atoms with E-state index in [2.05, 4.69) is 5.32 Å². The SMILES string of the molecule is O=C(NC(CO)CO)C1CCCCCC1. The van der Waals surface area contributed by atoms with Gasteiger partial charge >= 0.3 is 0 Å². The summed E-state index contributed by atoms with van der Waals surface area (Å²) in [5.74, 6) is 0.0677. The van der Waals surface area contributed by atoms with Gasteiger partial charge in [0.05, 0.1) is 19.3 Å². The first-order chi connectivity index (χ1) is 7.27. The number of rotatable bonds is 4. The summed E-state index contributed by atoms with van der Waals surface area (Å²) < 4.78 is 0. The summed E-state index contributed by atoms with van der Waals surface area (Å²) in [6.07, 6.45) is 6.53. The molecule has 0 aliphatic heterocycles. The van der Waals surface area contributed by atoms with Crippen LogP contribution in [0.2, 0.25) is 0 Å². The zero-order valence-electron chi connectivity index (χ0n) is 9.11. The first-order valence-electron chi connectivity index (χ1n) is 5.80. The Morgan fingerprint density at radius 1 is 1.13 bits per heavy atom. The summed E-state index contributed by atoms with van der Waals surface area (Å²) in [6, 6.07) is -0.499. The number of hydrogen-bond acceptors (Lipinski definition) is 3. The molecule has 1 amide bonds. The smallest absolute Gasteiger partial charge is 0.223 e. The second-order valence-corrected chi connectivity index (χ2v) is 4.26. The monoisotopic (exact) mass is 215 g/mol. The summed E-state index contributed by atoms with van der Waals surface area (Å²) >= 11 is 0. The third kappa shape index (κ3) is 4.18. The van der Waals surface area contributed by atoms with Crippen LogP contribution in [0.5, 0.6) is 0 Å². The summed E-state index contributed by atoms with van der Waals surface area (Å²) in [6.45, 7) is -0.399. The zero-order chi connectivity index (χ0) is 11.1. The maximum absolute atomic E-state index is 11.7. The van der Waals surface area contributed by atoms with Crippen molar-refractivity contribution in [1.82, 2.24) is 5.32 Å². The molecule has 0 atom stereocenters. The molecule has 1 aliphatic carbocycles. The Hall–Kier alpha value is -0.610. The molecule has 0 saturated heterocycles. The van der Waals surface area contributed by atoms with Crippen molar-refractivity contribution >= 4 is 5.91 Å². The van der Waals surface area contributed by atoms with Crippen LogP contribution in [0.3, 0.4) is 0 Å². The molecule has 15 heavy (non-hydrogen) atoms. The van der Waals surface area contributed by atoms with E-state index in [1.807, 2.05) is 0 Å². The number of aliphatic hydroxyl groups is 2. The number of hydrogen-bond donors (Lipinski definition) is 3. The van der Waals surface area contributed by atoms with Gasteiger partial charge in [-0.05, 0) is 12.8 Å². The minimum atomic E-state index is -0.499. The first kappa shape index (κ1) is 12.5. The van der Waals surface area contributed by atoms with Crippen LogP contribution in [0.25, 0.3) is 0 Å². The summed E-state index contributed by atoms with van der Waals surface area (Å²) in [5, 5.41) is 20.4. The Bertz CT molecular complexity index is 184. The van der Waals surface area contributed by atoms with Crippen LogP contribution in [-0.2, 0) is 4.79 Å². The highest BCUT2D eigenvalue weighted by Crippen LogP contribution is 2.22. The van der Waals surface area contributed by atoms with E-state index in [9.17, 15) is 4.79 Å². The molecular formula is C11H21NO3. The van der Waals surface area contributed by atoms with Crippen molar-refractivity contribution in [3.8, 4) is 0 Å². The van der Waals surface area contributed by atoms with Gasteiger partial charge in [0.1, 0.15) is 0 Å². The van der Waals surface area contributed by atoms with E-state index in [-0.39, 0.29) is 25.0 Å². The number of nitrogens with one attached hydrogen (secondary N) is 1. The highest BCUT2D eigenvalue weighted by molar-refractivity contribution is 5.78. The maximum Gasteiger partial charge on any atom is 0.223 e. The molecule has 1 fully saturated rings. The lowest BCUT2D eigenvalue weighted by atomic mass is 9.99. The lowest BCUT2D eigenvalue weighted by molar-refractivity contribution is -0.126. The van der Waals surface area contributed by atoms with Gasteiger partial charge in [-0.25, -0.2) is 0 Å². The third-order valence-corrected chi connectivity index (χ3v) is 3.01. The normalized spacial score (nSPS) is 18.9. The van der Waals surface area contributed by atoms with Gasteiger partial charge < -0.3 is 15.5 Å². The quantitative estimate of drug-likeness (QED) is 0.595. The van der Waals surface area contributed by atoms with Crippen molar-refractivity contribution < 1.29 is 15.0 Å². The predicted molar refractivity (Wildman–Crippen MR) is 57.3 cm³/mol. The Balaban J connectivity index is 2.36. The molecule has 4 heteroatoms. The van der Waals surface area contributed by atoms with Crippen LogP contribution < -0.4 is 5.32 Å². The fraction of sp³-hybridized carbons (Fsp3) is 0.909. The van der Waals surface area contributed by atoms with Crippen molar-refractivity contribution in [2.45, 2.75) is 44.6 Å². The summed E-state index contributed by atoms with van der Waals surface area (Å²) in [4.78, 5) is 11.7. The fourth-order valence-electron chi connectivity index (χ4n) is 2.01. The molecule has 88 valence electrons. The molecule has 1 saturated carbocycles. The van der Waals surface area contributed by atoms with Crippen molar-refractivity contribution in [1.29, 1.82) is 0 Å². The van der Waals surface area contributed by atoms with Gasteiger partial charge in [0.25, 0.3) is 0 Å². The van der Waals surface area contributed by atoms with Crippen LogP contribution in [0, 0.1) is 5.92 Å². The molecule has 0 aromatic rings. The topological polar surface area (TPSA) is 69.6 Å². The van der Waals surface area contributed by atoms with Gasteiger partial charge in [-0.1, -0.05) is 25.7 Å². The van der Waals surface area contributed by atoms with E-state index in [1.54, 1.807) is 0 Å². The third-order valence-electron chi connectivity index (χ3n) is 3.01. The molecule has 4 nitrogen and oxygen atoms in total. The number of carbonyl (C=O) groups excluding carboxylic acids is 1. The standard InChI is InChI=1S/C11H21NO3/c13-7-10(8-14)12-11(15)9-5-3-1-2-4-6-9/h9-10,13-14H,1-8H2,(H,12,15). The molecule has 0 unspecified atom stereocenters. The Labute approximate surface area is 90.7 Å². The molecule has 0 heterocycles. The average molecular weight is 215 g/mol. The Kier molecular flexibility index (Phi) is 5.65. The lowest BCUT2D eigenvalue weighted by Gasteiger charge is -2.18. The molecule has 0 radical (unpaired) electrons. The molecule has 0 aromatic carbocycles. The molecule has 3 N–H and O–H groups in total. The minimum absolute atomic E-state index is 0.00926. The van der Waals surface area contributed by atoms with Gasteiger partial charge in [-0.2, -0.15) is 0 Å². The van der Waals surface area contributed by atoms with Crippen LogP contribution >= 0.6 is 0 Å². The minimum Gasteiger partial charge on any atom is -0.394 e. The van der Waals surface area contributed by atoms with Gasteiger partial charge in [0.15, 0.2) is 0 Å². The van der Waals surface area contributed by atoms with Gasteiger partial charge in [-0.15, -0.1) is 0 Å². The molecule has 1 aliphatic rings. The number of carbonyl (C=O) groups is 1. The Morgan fingerprint density at radius 3 is 2.13 bits per heavy atom. The number of amides is 1. The van der Waals surface area contributed by atoms with Crippen LogP contribution in [0.4, 0.5) is 0 Å². The van der Waals surface area contributed by atoms with Crippen LogP contribution in [0.15, 0.2) is 0 Å². The molecule has 0 aromatic heterocycles. The van der Waals surface area contributed by atoms with E-state index in [4.69, 9.17) is 10.2 Å².